The van der Waals surface area contributed by atoms with Crippen LogP contribution in [0, 0.1) is 12.3 Å². The fourth-order valence-electron chi connectivity index (χ4n) is 1.84. The Kier molecular flexibility index (Phi) is 3.42. The van der Waals surface area contributed by atoms with Gasteiger partial charge in [-0.15, -0.1) is 0 Å². The highest BCUT2D eigenvalue weighted by atomic mass is 16.1. The van der Waals surface area contributed by atoms with Crippen molar-refractivity contribution in [3.05, 3.63) is 35.9 Å². The van der Waals surface area contributed by atoms with E-state index in [2.05, 4.69) is 23.3 Å². The number of aryl methyl sites for hydroxylation is 1. The fourth-order valence-corrected chi connectivity index (χ4v) is 1.84. The summed E-state index contributed by atoms with van der Waals surface area (Å²) in [6.45, 7) is 6.15. The molecule has 1 amide bonds. The van der Waals surface area contributed by atoms with Crippen molar-refractivity contribution in [1.82, 2.24) is 4.98 Å². The second-order valence-corrected chi connectivity index (χ2v) is 5.44. The van der Waals surface area contributed by atoms with E-state index in [9.17, 15) is 4.79 Å². The summed E-state index contributed by atoms with van der Waals surface area (Å²) in [5, 5.41) is 4.33. The molecule has 0 aliphatic rings. The summed E-state index contributed by atoms with van der Waals surface area (Å²) in [6.07, 6.45) is 0. The summed E-state index contributed by atoms with van der Waals surface area (Å²) in [7, 11) is 0. The van der Waals surface area contributed by atoms with E-state index in [-0.39, 0.29) is 5.91 Å². The van der Waals surface area contributed by atoms with Gasteiger partial charge >= 0.3 is 0 Å². The highest BCUT2D eigenvalue weighted by Gasteiger charge is 2.24. The summed E-state index contributed by atoms with van der Waals surface area (Å²) in [5.41, 5.74) is 6.86. The number of fused-ring (bicyclic) bond motifs is 1. The predicted octanol–water partition coefficient (Wildman–Crippen LogP) is 2.47. The average molecular weight is 257 g/mol. The molecule has 0 fully saturated rings. The van der Waals surface area contributed by atoms with E-state index in [0.29, 0.717) is 6.54 Å². The first-order valence-corrected chi connectivity index (χ1v) is 6.30. The summed E-state index contributed by atoms with van der Waals surface area (Å²) in [5.74, 6) is 0.447. The molecule has 0 atom stereocenters. The first kappa shape index (κ1) is 13.3. The lowest BCUT2D eigenvalue weighted by molar-refractivity contribution is -0.125. The van der Waals surface area contributed by atoms with Crippen molar-refractivity contribution < 1.29 is 4.79 Å². The Morgan fingerprint density at radius 1 is 1.37 bits per heavy atom. The first-order valence-electron chi connectivity index (χ1n) is 6.30. The van der Waals surface area contributed by atoms with Crippen LogP contribution in [0.3, 0.4) is 0 Å². The van der Waals surface area contributed by atoms with Crippen LogP contribution >= 0.6 is 0 Å². The number of anilines is 1. The molecule has 2 rings (SSSR count). The van der Waals surface area contributed by atoms with Crippen molar-refractivity contribution in [1.29, 1.82) is 0 Å². The molecule has 1 aromatic carbocycles. The maximum atomic E-state index is 11.3. The van der Waals surface area contributed by atoms with Gasteiger partial charge in [0.05, 0.1) is 10.9 Å². The Morgan fingerprint density at radius 2 is 2.05 bits per heavy atom. The number of para-hydroxylation sites is 1. The highest BCUT2D eigenvalue weighted by molar-refractivity contribution is 5.84. The van der Waals surface area contributed by atoms with Gasteiger partial charge in [-0.2, -0.15) is 0 Å². The van der Waals surface area contributed by atoms with Crippen LogP contribution < -0.4 is 11.1 Å². The lowest BCUT2D eigenvalue weighted by Gasteiger charge is -2.21. The van der Waals surface area contributed by atoms with Gasteiger partial charge in [-0.25, -0.2) is 4.98 Å². The van der Waals surface area contributed by atoms with Crippen molar-refractivity contribution in [3.63, 3.8) is 0 Å². The number of amides is 1. The molecule has 1 heterocycles. The number of nitrogens with one attached hydrogen (secondary N) is 1. The predicted molar refractivity (Wildman–Crippen MR) is 77.9 cm³/mol. The molecule has 2 aromatic rings. The maximum Gasteiger partial charge on any atom is 0.224 e. The van der Waals surface area contributed by atoms with E-state index in [4.69, 9.17) is 5.73 Å². The lowest BCUT2D eigenvalue weighted by atomic mass is 9.93. The van der Waals surface area contributed by atoms with E-state index < -0.39 is 5.41 Å². The topological polar surface area (TPSA) is 68.0 Å². The Labute approximate surface area is 113 Å². The third-order valence-electron chi connectivity index (χ3n) is 3.30. The Bertz CT molecular complexity index is 620. The third kappa shape index (κ3) is 2.84. The van der Waals surface area contributed by atoms with Gasteiger partial charge in [-0.3, -0.25) is 4.79 Å². The first-order chi connectivity index (χ1) is 8.90. The molecule has 19 heavy (non-hydrogen) atoms. The second kappa shape index (κ2) is 4.88. The Balaban J connectivity index is 2.25. The molecule has 0 saturated carbocycles. The standard InChI is InChI=1S/C15H19N3O/c1-10-8-13(17-9-15(2,3)14(16)19)18-12-7-5-4-6-11(10)12/h4-8H,9H2,1-3H3,(H2,16,19)(H,17,18). The van der Waals surface area contributed by atoms with E-state index in [1.807, 2.05) is 38.1 Å². The Morgan fingerprint density at radius 3 is 2.74 bits per heavy atom. The zero-order valence-electron chi connectivity index (χ0n) is 11.5. The van der Waals surface area contributed by atoms with E-state index in [1.54, 1.807) is 0 Å². The minimum atomic E-state index is -0.596. The van der Waals surface area contributed by atoms with Gasteiger partial charge in [0.25, 0.3) is 0 Å². The van der Waals surface area contributed by atoms with Crippen LogP contribution in [0.25, 0.3) is 10.9 Å². The van der Waals surface area contributed by atoms with Crippen LogP contribution in [-0.4, -0.2) is 17.4 Å². The normalized spacial score (nSPS) is 11.5. The zero-order valence-corrected chi connectivity index (χ0v) is 11.5. The molecule has 4 nitrogen and oxygen atoms in total. The number of primary amides is 1. The number of carbonyl (C=O) groups is 1. The number of hydrogen-bond donors (Lipinski definition) is 2. The molecule has 0 aliphatic heterocycles. The van der Waals surface area contributed by atoms with Crippen LogP contribution in [0.15, 0.2) is 30.3 Å². The second-order valence-electron chi connectivity index (χ2n) is 5.44. The molecule has 0 bridgehead atoms. The van der Waals surface area contributed by atoms with Crippen LogP contribution in [-0.2, 0) is 4.79 Å². The molecule has 0 saturated heterocycles. The van der Waals surface area contributed by atoms with E-state index in [1.165, 1.54) is 0 Å². The van der Waals surface area contributed by atoms with Crippen molar-refractivity contribution in [2.24, 2.45) is 11.1 Å². The third-order valence-corrected chi connectivity index (χ3v) is 3.30. The molecule has 100 valence electrons. The number of hydrogen-bond acceptors (Lipinski definition) is 3. The minimum Gasteiger partial charge on any atom is -0.369 e. The molecular weight excluding hydrogens is 238 g/mol. The number of carbonyl (C=O) groups excluding carboxylic acids is 1. The van der Waals surface area contributed by atoms with Gasteiger partial charge in [0.2, 0.25) is 5.91 Å². The molecule has 0 unspecified atom stereocenters. The largest absolute Gasteiger partial charge is 0.369 e. The lowest BCUT2D eigenvalue weighted by Crippen LogP contribution is -2.37. The summed E-state index contributed by atoms with van der Waals surface area (Å²) in [4.78, 5) is 15.8. The monoisotopic (exact) mass is 257 g/mol. The van der Waals surface area contributed by atoms with Crippen LogP contribution in [0.5, 0.6) is 0 Å². The number of benzene rings is 1. The number of aromatic nitrogens is 1. The molecule has 4 heteroatoms. The van der Waals surface area contributed by atoms with Crippen LogP contribution in [0.2, 0.25) is 0 Å². The molecule has 0 aliphatic carbocycles. The van der Waals surface area contributed by atoms with E-state index >= 15 is 0 Å². The molecule has 0 radical (unpaired) electrons. The zero-order chi connectivity index (χ0) is 14.0. The van der Waals surface area contributed by atoms with Crippen molar-refractivity contribution in [2.45, 2.75) is 20.8 Å². The van der Waals surface area contributed by atoms with Gasteiger partial charge in [-0.05, 0) is 38.5 Å². The van der Waals surface area contributed by atoms with Crippen molar-refractivity contribution in [2.75, 3.05) is 11.9 Å². The maximum absolute atomic E-state index is 11.3. The van der Waals surface area contributed by atoms with Gasteiger partial charge < -0.3 is 11.1 Å². The van der Waals surface area contributed by atoms with Gasteiger partial charge in [0, 0.05) is 11.9 Å². The number of nitrogens with two attached hydrogens (primary N) is 1. The number of rotatable bonds is 4. The molecular formula is C15H19N3O. The minimum absolute atomic E-state index is 0.322. The SMILES string of the molecule is Cc1cc(NCC(C)(C)C(N)=O)nc2ccccc12. The molecule has 3 N–H and O–H groups in total. The smallest absolute Gasteiger partial charge is 0.224 e. The number of nitrogens with zero attached hydrogens (tertiary/aromatic N) is 1. The summed E-state index contributed by atoms with van der Waals surface area (Å²) < 4.78 is 0. The highest BCUT2D eigenvalue weighted by Crippen LogP contribution is 2.21. The van der Waals surface area contributed by atoms with Gasteiger partial charge in [0.15, 0.2) is 0 Å². The van der Waals surface area contributed by atoms with Crippen molar-refractivity contribution >= 4 is 22.6 Å². The van der Waals surface area contributed by atoms with Crippen LogP contribution in [0.4, 0.5) is 5.82 Å². The fraction of sp³-hybridized carbons (Fsp3) is 0.333. The van der Waals surface area contributed by atoms with E-state index in [0.717, 1.165) is 22.3 Å². The van der Waals surface area contributed by atoms with Gasteiger partial charge in [-0.1, -0.05) is 18.2 Å². The Hall–Kier alpha value is -2.10. The quantitative estimate of drug-likeness (QED) is 0.884. The van der Waals surface area contributed by atoms with Crippen molar-refractivity contribution in [3.8, 4) is 0 Å². The molecule has 1 aromatic heterocycles. The van der Waals surface area contributed by atoms with Gasteiger partial charge in [0.1, 0.15) is 5.82 Å². The average Bonchev–Trinajstić information content (AvgIpc) is 2.36. The summed E-state index contributed by atoms with van der Waals surface area (Å²) in [6, 6.07) is 9.98. The van der Waals surface area contributed by atoms with Crippen LogP contribution in [0.1, 0.15) is 19.4 Å². The number of pyridine rings is 1. The molecule has 0 spiro atoms. The summed E-state index contributed by atoms with van der Waals surface area (Å²) >= 11 is 0.